The lowest BCUT2D eigenvalue weighted by Crippen LogP contribution is -2.48. The first-order valence-electron chi connectivity index (χ1n) is 11.9. The molecule has 2 aromatic rings. The van der Waals surface area contributed by atoms with E-state index >= 15 is 0 Å². The number of piperazine rings is 1. The third-order valence-electron chi connectivity index (χ3n) is 7.09. The molecule has 0 radical (unpaired) electrons. The van der Waals surface area contributed by atoms with Crippen LogP contribution in [0.1, 0.15) is 52.5 Å². The van der Waals surface area contributed by atoms with Crippen LogP contribution in [0, 0.1) is 0 Å². The Morgan fingerprint density at radius 1 is 1.03 bits per heavy atom. The summed E-state index contributed by atoms with van der Waals surface area (Å²) in [5, 5.41) is 0.400. The van der Waals surface area contributed by atoms with Gasteiger partial charge in [0.1, 0.15) is 0 Å². The van der Waals surface area contributed by atoms with Crippen LogP contribution in [0.5, 0.6) is 0 Å². The normalized spacial score (nSPS) is 21.7. The number of likely N-dealkylation sites (tertiary alicyclic amines) is 1. The number of fused-ring (bicyclic) bond motifs is 2. The highest BCUT2D eigenvalue weighted by Crippen LogP contribution is 2.43. The third-order valence-corrected chi connectivity index (χ3v) is 7.40. The molecule has 178 valence electrons. The third kappa shape index (κ3) is 3.92. The van der Waals surface area contributed by atoms with Gasteiger partial charge >= 0.3 is 5.97 Å². The maximum absolute atomic E-state index is 13.3. The van der Waals surface area contributed by atoms with Gasteiger partial charge in [0.15, 0.2) is 5.60 Å². The Bertz CT molecular complexity index is 1140. The lowest BCUT2D eigenvalue weighted by molar-refractivity contribution is -0.131. The molecular formula is C26H28ClN3O4. The highest BCUT2D eigenvalue weighted by atomic mass is 35.5. The summed E-state index contributed by atoms with van der Waals surface area (Å²) in [5.41, 5.74) is 2.05. The zero-order valence-electron chi connectivity index (χ0n) is 19.3. The largest absolute Gasteiger partial charge is 0.449 e. The van der Waals surface area contributed by atoms with Gasteiger partial charge in [0.05, 0.1) is 22.7 Å². The van der Waals surface area contributed by atoms with E-state index in [0.717, 1.165) is 30.8 Å². The summed E-state index contributed by atoms with van der Waals surface area (Å²) in [6.07, 6.45) is 2.01. The number of ether oxygens (including phenoxy) is 1. The molecule has 1 atom stereocenters. The molecule has 0 bridgehead atoms. The molecule has 3 aliphatic rings. The van der Waals surface area contributed by atoms with Crippen LogP contribution in [0.4, 0.5) is 5.69 Å². The minimum Gasteiger partial charge on any atom is -0.449 e. The van der Waals surface area contributed by atoms with Gasteiger partial charge in [0.2, 0.25) is 5.91 Å². The van der Waals surface area contributed by atoms with Crippen LogP contribution in [0.3, 0.4) is 0 Å². The van der Waals surface area contributed by atoms with E-state index in [1.165, 1.54) is 0 Å². The summed E-state index contributed by atoms with van der Waals surface area (Å²) in [4.78, 5) is 43.6. The van der Waals surface area contributed by atoms with Crippen LogP contribution in [-0.2, 0) is 15.1 Å². The summed E-state index contributed by atoms with van der Waals surface area (Å²) >= 11 is 6.57. The Morgan fingerprint density at radius 3 is 2.53 bits per heavy atom. The van der Waals surface area contributed by atoms with Gasteiger partial charge in [-0.05, 0) is 30.7 Å². The number of hydrogen-bond acceptors (Lipinski definition) is 5. The first-order valence-corrected chi connectivity index (χ1v) is 12.2. The average molecular weight is 482 g/mol. The first-order chi connectivity index (χ1) is 16.4. The monoisotopic (exact) mass is 481 g/mol. The van der Waals surface area contributed by atoms with Crippen molar-refractivity contribution < 1.29 is 19.1 Å². The lowest BCUT2D eigenvalue weighted by Gasteiger charge is -2.36. The predicted molar refractivity (Wildman–Crippen MR) is 129 cm³/mol. The average Bonchev–Trinajstić information content (AvgIpc) is 3.40. The number of nitrogens with zero attached hydrogens (tertiary/aromatic N) is 3. The van der Waals surface area contributed by atoms with Crippen molar-refractivity contribution in [3.63, 3.8) is 0 Å². The van der Waals surface area contributed by atoms with Gasteiger partial charge in [-0.3, -0.25) is 9.59 Å². The minimum absolute atomic E-state index is 0.163. The number of hydrogen-bond donors (Lipinski definition) is 0. The molecule has 0 unspecified atom stereocenters. The number of rotatable bonds is 4. The van der Waals surface area contributed by atoms with Gasteiger partial charge in [-0.1, -0.05) is 36.7 Å². The molecule has 2 amide bonds. The molecule has 3 aliphatic heterocycles. The zero-order valence-corrected chi connectivity index (χ0v) is 20.0. The highest BCUT2D eigenvalue weighted by Gasteiger charge is 2.51. The van der Waals surface area contributed by atoms with Crippen LogP contribution in [-0.4, -0.2) is 66.9 Å². The number of halogens is 1. The standard InChI is InChI=1S/C26H28ClN3O4/c1-2-5-23(31)29-14-12-28(13-15-29)18-8-9-20(22(27)16-18)24(32)30-11-10-26(17-30)21-7-4-3-6-19(21)25(33)34-26/h3-4,6-9,16H,2,5,10-15,17H2,1H3/t26-/m0/s1. The number of carbonyl (C=O) groups is 3. The van der Waals surface area contributed by atoms with Gasteiger partial charge in [-0.25, -0.2) is 4.79 Å². The summed E-state index contributed by atoms with van der Waals surface area (Å²) < 4.78 is 5.77. The maximum Gasteiger partial charge on any atom is 0.339 e. The molecule has 5 rings (SSSR count). The van der Waals surface area contributed by atoms with Crippen LogP contribution in [0.2, 0.25) is 5.02 Å². The van der Waals surface area contributed by atoms with Crippen molar-refractivity contribution in [1.29, 1.82) is 0 Å². The van der Waals surface area contributed by atoms with Crippen LogP contribution >= 0.6 is 11.6 Å². The van der Waals surface area contributed by atoms with Crippen molar-refractivity contribution in [3.05, 3.63) is 64.2 Å². The molecule has 0 aliphatic carbocycles. The van der Waals surface area contributed by atoms with E-state index in [9.17, 15) is 14.4 Å². The van der Waals surface area contributed by atoms with Crippen LogP contribution in [0.25, 0.3) is 0 Å². The molecule has 3 heterocycles. The number of benzene rings is 2. The second-order valence-electron chi connectivity index (χ2n) is 9.19. The van der Waals surface area contributed by atoms with E-state index in [1.807, 2.05) is 42.2 Å². The number of carbonyl (C=O) groups excluding carboxylic acids is 3. The lowest BCUT2D eigenvalue weighted by atomic mass is 9.91. The molecule has 0 N–H and O–H groups in total. The van der Waals surface area contributed by atoms with Crippen molar-refractivity contribution in [2.75, 3.05) is 44.2 Å². The van der Waals surface area contributed by atoms with Crippen molar-refractivity contribution in [3.8, 4) is 0 Å². The summed E-state index contributed by atoms with van der Waals surface area (Å²) in [5.74, 6) is -0.285. The predicted octanol–water partition coefficient (Wildman–Crippen LogP) is 3.70. The molecule has 2 saturated heterocycles. The molecule has 8 heteroatoms. The van der Waals surface area contributed by atoms with E-state index in [0.29, 0.717) is 55.2 Å². The van der Waals surface area contributed by atoms with E-state index in [2.05, 4.69) is 4.90 Å². The molecule has 2 aromatic carbocycles. The molecular weight excluding hydrogens is 454 g/mol. The topological polar surface area (TPSA) is 70.2 Å². The first kappa shape index (κ1) is 22.7. The highest BCUT2D eigenvalue weighted by molar-refractivity contribution is 6.34. The molecule has 0 aromatic heterocycles. The van der Waals surface area contributed by atoms with Gasteiger partial charge in [0.25, 0.3) is 5.91 Å². The summed E-state index contributed by atoms with van der Waals surface area (Å²) in [7, 11) is 0. The minimum atomic E-state index is -0.773. The Labute approximate surface area is 204 Å². The molecule has 2 fully saturated rings. The fourth-order valence-corrected chi connectivity index (χ4v) is 5.49. The Hall–Kier alpha value is -3.06. The molecule has 7 nitrogen and oxygen atoms in total. The smallest absolute Gasteiger partial charge is 0.339 e. The van der Waals surface area contributed by atoms with E-state index in [4.69, 9.17) is 16.3 Å². The second kappa shape index (κ2) is 8.95. The van der Waals surface area contributed by atoms with E-state index in [1.54, 1.807) is 17.0 Å². The van der Waals surface area contributed by atoms with Crippen LogP contribution in [0.15, 0.2) is 42.5 Å². The van der Waals surface area contributed by atoms with Crippen LogP contribution < -0.4 is 4.90 Å². The van der Waals surface area contributed by atoms with E-state index in [-0.39, 0.29) is 17.8 Å². The summed E-state index contributed by atoms with van der Waals surface area (Å²) in [6.45, 7) is 5.67. The maximum atomic E-state index is 13.3. The Balaban J connectivity index is 1.27. The van der Waals surface area contributed by atoms with Crippen molar-refractivity contribution in [2.24, 2.45) is 0 Å². The van der Waals surface area contributed by atoms with Crippen molar-refractivity contribution in [1.82, 2.24) is 9.80 Å². The van der Waals surface area contributed by atoms with E-state index < -0.39 is 5.60 Å². The SMILES string of the molecule is CCCC(=O)N1CCN(c2ccc(C(=O)N3CC[C@@]4(C3)OC(=O)c3ccccc34)c(Cl)c2)CC1. The Morgan fingerprint density at radius 2 is 1.79 bits per heavy atom. The second-order valence-corrected chi connectivity index (χ2v) is 9.60. The Kier molecular flexibility index (Phi) is 5.98. The zero-order chi connectivity index (χ0) is 23.9. The molecule has 0 saturated carbocycles. The van der Waals surface area contributed by atoms with Crippen molar-refractivity contribution in [2.45, 2.75) is 31.8 Å². The number of esters is 1. The molecule has 34 heavy (non-hydrogen) atoms. The van der Waals surface area contributed by atoms with Gasteiger partial charge in [-0.2, -0.15) is 0 Å². The quantitative estimate of drug-likeness (QED) is 0.623. The van der Waals surface area contributed by atoms with Gasteiger partial charge in [-0.15, -0.1) is 0 Å². The summed E-state index contributed by atoms with van der Waals surface area (Å²) in [6, 6.07) is 12.9. The van der Waals surface area contributed by atoms with Gasteiger partial charge in [0, 0.05) is 56.8 Å². The fraction of sp³-hybridized carbons (Fsp3) is 0.423. The fourth-order valence-electron chi connectivity index (χ4n) is 5.23. The van der Waals surface area contributed by atoms with Gasteiger partial charge < -0.3 is 19.4 Å². The number of amides is 2. The number of anilines is 1. The molecule has 1 spiro atoms. The van der Waals surface area contributed by atoms with Crippen molar-refractivity contribution >= 4 is 35.1 Å².